The molecule has 3 atom stereocenters. The number of nitrogens with zero attached hydrogens (tertiary/aromatic N) is 4. The summed E-state index contributed by atoms with van der Waals surface area (Å²) in [6.07, 6.45) is 5.65. The van der Waals surface area contributed by atoms with Gasteiger partial charge in [-0.25, -0.2) is 0 Å². The monoisotopic (exact) mass is 430 g/mol. The van der Waals surface area contributed by atoms with Crippen LogP contribution < -0.4 is 10.6 Å². The fourth-order valence-electron chi connectivity index (χ4n) is 5.88. The summed E-state index contributed by atoms with van der Waals surface area (Å²) in [5.74, 6) is -0.0247. The van der Waals surface area contributed by atoms with Crippen LogP contribution in [0.25, 0.3) is 11.3 Å². The van der Waals surface area contributed by atoms with Crippen molar-refractivity contribution in [3.05, 3.63) is 65.1 Å². The molecule has 1 saturated heterocycles. The molecule has 5 heterocycles. The van der Waals surface area contributed by atoms with Crippen LogP contribution in [0.1, 0.15) is 31.7 Å². The average molecular weight is 431 g/mol. The molecule has 0 aliphatic carbocycles. The van der Waals surface area contributed by atoms with Crippen LogP contribution in [0.5, 0.6) is 0 Å². The summed E-state index contributed by atoms with van der Waals surface area (Å²) in [6.45, 7) is 3.35. The minimum atomic E-state index is -0.603. The normalized spacial score (nSPS) is 30.8. The number of nitrogens with one attached hydrogen (secondary N) is 2. The number of aryl methyl sites for hydroxylation is 1. The number of azo groups is 1. The number of carbonyl (C=O) groups excluding carboxylic acids is 1. The third-order valence-corrected chi connectivity index (χ3v) is 7.43. The van der Waals surface area contributed by atoms with Gasteiger partial charge in [0.05, 0.1) is 35.0 Å². The molecule has 4 aliphatic rings. The van der Waals surface area contributed by atoms with Gasteiger partial charge in [-0.1, -0.05) is 25.1 Å². The number of benzene rings is 1. The van der Waals surface area contributed by atoms with Gasteiger partial charge in [0.15, 0.2) is 6.17 Å². The van der Waals surface area contributed by atoms with Crippen molar-refractivity contribution in [1.29, 1.82) is 0 Å². The molecule has 8 nitrogen and oxygen atoms in total. The van der Waals surface area contributed by atoms with E-state index in [0.717, 1.165) is 52.9 Å². The third-order valence-electron chi connectivity index (χ3n) is 7.43. The Labute approximate surface area is 186 Å². The zero-order valence-electron chi connectivity index (χ0n) is 18.3. The van der Waals surface area contributed by atoms with Crippen LogP contribution in [0.2, 0.25) is 0 Å². The van der Waals surface area contributed by atoms with Crippen LogP contribution >= 0.6 is 0 Å². The van der Waals surface area contributed by atoms with Crippen molar-refractivity contribution in [2.75, 3.05) is 13.2 Å². The summed E-state index contributed by atoms with van der Waals surface area (Å²) in [6, 6.07) is 10.4. The molecule has 0 radical (unpaired) electrons. The zero-order valence-corrected chi connectivity index (χ0v) is 18.3. The van der Waals surface area contributed by atoms with E-state index < -0.39 is 5.41 Å². The predicted octanol–water partition coefficient (Wildman–Crippen LogP) is 2.95. The highest BCUT2D eigenvalue weighted by Gasteiger charge is 2.55. The van der Waals surface area contributed by atoms with Crippen LogP contribution in [0.3, 0.4) is 0 Å². The van der Waals surface area contributed by atoms with E-state index in [9.17, 15) is 4.79 Å². The van der Waals surface area contributed by atoms with Crippen molar-refractivity contribution in [2.45, 2.75) is 43.3 Å². The van der Waals surface area contributed by atoms with Crippen LogP contribution in [-0.4, -0.2) is 40.6 Å². The topological polar surface area (TPSA) is 92.9 Å². The second kappa shape index (κ2) is 6.87. The van der Waals surface area contributed by atoms with Crippen LogP contribution in [-0.2, 0) is 22.0 Å². The highest BCUT2D eigenvalue weighted by Crippen LogP contribution is 2.52. The van der Waals surface area contributed by atoms with Crippen molar-refractivity contribution in [1.82, 2.24) is 20.4 Å². The molecule has 2 N–H and O–H groups in total. The molecular weight excluding hydrogens is 404 g/mol. The molecule has 164 valence electrons. The zero-order chi connectivity index (χ0) is 21.9. The van der Waals surface area contributed by atoms with E-state index in [2.05, 4.69) is 57.1 Å². The van der Waals surface area contributed by atoms with Crippen molar-refractivity contribution >= 4 is 5.91 Å². The lowest BCUT2D eigenvalue weighted by molar-refractivity contribution is -0.121. The summed E-state index contributed by atoms with van der Waals surface area (Å²) < 4.78 is 7.52. The average Bonchev–Trinajstić information content (AvgIpc) is 3.54. The Balaban J connectivity index is 1.55. The lowest BCUT2D eigenvalue weighted by Crippen LogP contribution is -2.60. The second-order valence-corrected chi connectivity index (χ2v) is 9.11. The van der Waals surface area contributed by atoms with E-state index in [-0.39, 0.29) is 17.6 Å². The maximum atomic E-state index is 13.7. The van der Waals surface area contributed by atoms with Crippen LogP contribution in [0, 0.1) is 0 Å². The minimum Gasteiger partial charge on any atom is -0.379 e. The molecule has 1 unspecified atom stereocenters. The molecule has 8 heteroatoms. The van der Waals surface area contributed by atoms with Crippen molar-refractivity contribution in [2.24, 2.45) is 17.3 Å². The van der Waals surface area contributed by atoms with Gasteiger partial charge in [0.25, 0.3) is 5.91 Å². The summed E-state index contributed by atoms with van der Waals surface area (Å²) in [5.41, 5.74) is 5.01. The highest BCUT2D eigenvalue weighted by molar-refractivity contribution is 6.00. The van der Waals surface area contributed by atoms with Gasteiger partial charge in [-0.05, 0) is 30.5 Å². The Kier molecular flexibility index (Phi) is 4.17. The number of hydrogen-bond donors (Lipinski definition) is 2. The van der Waals surface area contributed by atoms with Crippen LogP contribution in [0.15, 0.2) is 69.8 Å². The lowest BCUT2D eigenvalue weighted by atomic mass is 9.61. The van der Waals surface area contributed by atoms with Crippen molar-refractivity contribution in [3.63, 3.8) is 0 Å². The first-order chi connectivity index (χ1) is 15.6. The fourth-order valence-corrected chi connectivity index (χ4v) is 5.88. The SMILES string of the molecule is CC[C@@]1(c2cccc(-c3ccnn3C)c2)C2=CN=NC2NC2=C1C(=O)N[C@]1(CCOC1)C2. The molecule has 2 aromatic rings. The quantitative estimate of drug-likeness (QED) is 0.783. The van der Waals surface area contributed by atoms with E-state index in [4.69, 9.17) is 4.74 Å². The number of hydrogen-bond acceptors (Lipinski definition) is 6. The Morgan fingerprint density at radius 1 is 1.31 bits per heavy atom. The molecule has 1 spiro atoms. The number of carbonyl (C=O) groups is 1. The molecule has 32 heavy (non-hydrogen) atoms. The molecule has 1 aromatic heterocycles. The molecule has 6 rings (SSSR count). The Bertz CT molecular complexity index is 1200. The van der Waals surface area contributed by atoms with Gasteiger partial charge in [0.1, 0.15) is 0 Å². The Morgan fingerprint density at radius 2 is 2.22 bits per heavy atom. The Hall–Kier alpha value is -3.26. The number of aromatic nitrogens is 2. The van der Waals surface area contributed by atoms with Gasteiger partial charge in [-0.15, -0.1) is 0 Å². The molecule has 0 saturated carbocycles. The second-order valence-electron chi connectivity index (χ2n) is 9.11. The number of amides is 1. The summed E-state index contributed by atoms with van der Waals surface area (Å²) in [4.78, 5) is 13.7. The maximum Gasteiger partial charge on any atom is 0.250 e. The molecule has 1 aromatic carbocycles. The first-order valence-corrected chi connectivity index (χ1v) is 11.2. The van der Waals surface area contributed by atoms with E-state index in [1.54, 1.807) is 6.20 Å². The van der Waals surface area contributed by atoms with Gasteiger partial charge in [0.2, 0.25) is 0 Å². The van der Waals surface area contributed by atoms with Gasteiger partial charge in [0, 0.05) is 43.1 Å². The molecule has 0 bridgehead atoms. The number of rotatable bonds is 3. The standard InChI is InChI=1S/C24H26N6O2/c1-3-24(16-6-4-5-15(11-16)19-7-9-26-30(19)2)17-13-25-29-21(17)27-18-12-23(8-10-32-14-23)28-22(31)20(18)24/h4-7,9,11,13,21,27H,3,8,10,12,14H2,1-2H3,(H,28,31)/t21?,23-,24-/m1/s1. The third kappa shape index (κ3) is 2.59. The molecule has 1 fully saturated rings. The number of ether oxygens (including phenoxy) is 1. The smallest absolute Gasteiger partial charge is 0.250 e. The van der Waals surface area contributed by atoms with E-state index in [1.807, 2.05) is 24.0 Å². The van der Waals surface area contributed by atoms with E-state index >= 15 is 0 Å². The maximum absolute atomic E-state index is 13.7. The Morgan fingerprint density at radius 3 is 2.97 bits per heavy atom. The van der Waals surface area contributed by atoms with Crippen LogP contribution in [0.4, 0.5) is 0 Å². The lowest BCUT2D eigenvalue weighted by Gasteiger charge is -2.48. The van der Waals surface area contributed by atoms with Crippen molar-refractivity contribution in [3.8, 4) is 11.3 Å². The summed E-state index contributed by atoms with van der Waals surface area (Å²) in [5, 5.41) is 19.9. The fraction of sp³-hybridized carbons (Fsp3) is 0.417. The van der Waals surface area contributed by atoms with E-state index in [1.165, 1.54) is 0 Å². The summed E-state index contributed by atoms with van der Waals surface area (Å²) >= 11 is 0. The van der Waals surface area contributed by atoms with Gasteiger partial charge >= 0.3 is 0 Å². The highest BCUT2D eigenvalue weighted by atomic mass is 16.5. The van der Waals surface area contributed by atoms with Gasteiger partial charge < -0.3 is 15.4 Å². The van der Waals surface area contributed by atoms with Gasteiger partial charge in [-0.3, -0.25) is 9.48 Å². The van der Waals surface area contributed by atoms with Gasteiger partial charge in [-0.2, -0.15) is 15.3 Å². The largest absolute Gasteiger partial charge is 0.379 e. The first-order valence-electron chi connectivity index (χ1n) is 11.2. The minimum absolute atomic E-state index is 0.0247. The predicted molar refractivity (Wildman–Crippen MR) is 118 cm³/mol. The van der Waals surface area contributed by atoms with E-state index in [0.29, 0.717) is 13.2 Å². The molecule has 4 aliphatic heterocycles. The van der Waals surface area contributed by atoms with Crippen molar-refractivity contribution < 1.29 is 9.53 Å². The first kappa shape index (κ1) is 19.4. The number of fused-ring (bicyclic) bond motifs is 1. The summed E-state index contributed by atoms with van der Waals surface area (Å²) in [7, 11) is 1.94. The molecule has 1 amide bonds. The molecular formula is C24H26N6O2.